The molecule has 0 atom stereocenters. The van der Waals surface area contributed by atoms with Crippen LogP contribution in [0.5, 0.6) is 0 Å². The van der Waals surface area contributed by atoms with Gasteiger partial charge in [0.1, 0.15) is 5.69 Å². The van der Waals surface area contributed by atoms with Crippen LogP contribution >= 0.6 is 0 Å². The van der Waals surface area contributed by atoms with Crippen molar-refractivity contribution >= 4 is 5.82 Å². The van der Waals surface area contributed by atoms with Crippen LogP contribution in [-0.2, 0) is 6.61 Å². The standard InChI is InChI=1S/C19H16N6O/c20-17-16(19-23-18(24-25-19)13-6-2-1-3-7-13)22-15(10-21-17)14-8-4-5-12(9-14)11-26/h1-10,26H,11H2,(H2,20,21)(H,23,24,25). The number of aliphatic hydroxyl groups is 1. The summed E-state index contributed by atoms with van der Waals surface area (Å²) < 4.78 is 0. The molecule has 4 aromatic rings. The molecule has 7 nitrogen and oxygen atoms in total. The number of aromatic nitrogens is 5. The zero-order chi connectivity index (χ0) is 17.9. The van der Waals surface area contributed by atoms with Crippen molar-refractivity contribution in [3.05, 3.63) is 66.4 Å². The van der Waals surface area contributed by atoms with Crippen LogP contribution in [0.2, 0.25) is 0 Å². The molecule has 0 spiro atoms. The van der Waals surface area contributed by atoms with Gasteiger partial charge in [-0.15, -0.1) is 0 Å². The SMILES string of the molecule is Nc1ncc(-c2cccc(CO)c2)nc1-c1nc(-c2ccccc2)n[nH]1. The summed E-state index contributed by atoms with van der Waals surface area (Å²) >= 11 is 0. The third-order valence-electron chi connectivity index (χ3n) is 3.95. The number of aliphatic hydroxyl groups excluding tert-OH is 1. The van der Waals surface area contributed by atoms with Crippen molar-refractivity contribution in [3.63, 3.8) is 0 Å². The summed E-state index contributed by atoms with van der Waals surface area (Å²) in [6.45, 7) is -0.0361. The molecule has 2 heterocycles. The number of nitrogens with one attached hydrogen (secondary N) is 1. The minimum Gasteiger partial charge on any atom is -0.392 e. The first-order chi connectivity index (χ1) is 12.7. The molecule has 4 rings (SSSR count). The van der Waals surface area contributed by atoms with E-state index in [0.717, 1.165) is 16.7 Å². The second-order valence-electron chi connectivity index (χ2n) is 5.72. The highest BCUT2D eigenvalue weighted by Gasteiger charge is 2.14. The molecule has 2 aromatic heterocycles. The molecule has 0 aliphatic rings. The van der Waals surface area contributed by atoms with Crippen molar-refractivity contribution in [2.45, 2.75) is 6.61 Å². The number of nitrogens with two attached hydrogens (primary N) is 1. The number of nitrogens with zero attached hydrogens (tertiary/aromatic N) is 4. The first kappa shape index (κ1) is 15.9. The Morgan fingerprint density at radius 3 is 2.58 bits per heavy atom. The lowest BCUT2D eigenvalue weighted by atomic mass is 10.1. The summed E-state index contributed by atoms with van der Waals surface area (Å²) in [6.07, 6.45) is 1.60. The van der Waals surface area contributed by atoms with Crippen LogP contribution in [-0.4, -0.2) is 30.3 Å². The van der Waals surface area contributed by atoms with Gasteiger partial charge in [-0.1, -0.05) is 48.5 Å². The fourth-order valence-corrected chi connectivity index (χ4v) is 2.62. The number of hydrogen-bond donors (Lipinski definition) is 3. The molecule has 0 bridgehead atoms. The van der Waals surface area contributed by atoms with E-state index in [2.05, 4.69) is 25.1 Å². The molecule has 0 radical (unpaired) electrons. The van der Waals surface area contributed by atoms with Crippen molar-refractivity contribution < 1.29 is 5.11 Å². The predicted octanol–water partition coefficient (Wildman–Crippen LogP) is 2.67. The van der Waals surface area contributed by atoms with Gasteiger partial charge in [0.05, 0.1) is 18.5 Å². The van der Waals surface area contributed by atoms with E-state index in [1.165, 1.54) is 0 Å². The van der Waals surface area contributed by atoms with Crippen LogP contribution in [0.3, 0.4) is 0 Å². The Labute approximate surface area is 149 Å². The Hall–Kier alpha value is -3.58. The van der Waals surface area contributed by atoms with Gasteiger partial charge in [0, 0.05) is 11.1 Å². The lowest BCUT2D eigenvalue weighted by Gasteiger charge is -2.06. The molecule has 26 heavy (non-hydrogen) atoms. The van der Waals surface area contributed by atoms with Crippen LogP contribution < -0.4 is 5.73 Å². The van der Waals surface area contributed by atoms with Gasteiger partial charge < -0.3 is 10.8 Å². The second-order valence-corrected chi connectivity index (χ2v) is 5.72. The average Bonchev–Trinajstić information content (AvgIpc) is 3.19. The average molecular weight is 344 g/mol. The Kier molecular flexibility index (Phi) is 4.12. The van der Waals surface area contributed by atoms with Crippen molar-refractivity contribution in [1.29, 1.82) is 0 Å². The molecule has 0 aliphatic carbocycles. The molecule has 0 fully saturated rings. The number of benzene rings is 2. The second kappa shape index (κ2) is 6.73. The first-order valence-corrected chi connectivity index (χ1v) is 8.05. The number of H-pyrrole nitrogens is 1. The Bertz CT molecular complexity index is 1040. The van der Waals surface area contributed by atoms with E-state index in [1.54, 1.807) is 6.20 Å². The molecule has 0 amide bonds. The lowest BCUT2D eigenvalue weighted by molar-refractivity contribution is 0.282. The monoisotopic (exact) mass is 344 g/mol. The smallest absolute Gasteiger partial charge is 0.181 e. The van der Waals surface area contributed by atoms with Crippen molar-refractivity contribution in [3.8, 4) is 34.2 Å². The number of rotatable bonds is 4. The van der Waals surface area contributed by atoms with Crippen molar-refractivity contribution in [2.75, 3.05) is 5.73 Å². The van der Waals surface area contributed by atoms with E-state index in [0.29, 0.717) is 23.0 Å². The van der Waals surface area contributed by atoms with Crippen molar-refractivity contribution in [2.24, 2.45) is 0 Å². The summed E-state index contributed by atoms with van der Waals surface area (Å²) in [6, 6.07) is 17.1. The van der Waals surface area contributed by atoms with Crippen LogP contribution in [0, 0.1) is 0 Å². The largest absolute Gasteiger partial charge is 0.392 e. The summed E-state index contributed by atoms with van der Waals surface area (Å²) in [5.74, 6) is 1.28. The summed E-state index contributed by atoms with van der Waals surface area (Å²) in [7, 11) is 0. The van der Waals surface area contributed by atoms with Gasteiger partial charge in [-0.3, -0.25) is 5.10 Å². The van der Waals surface area contributed by atoms with Crippen LogP contribution in [0.15, 0.2) is 60.8 Å². The molecule has 0 aliphatic heterocycles. The molecular formula is C19H16N6O. The molecule has 0 saturated carbocycles. The molecule has 0 unspecified atom stereocenters. The third kappa shape index (κ3) is 3.03. The zero-order valence-corrected chi connectivity index (χ0v) is 13.8. The van der Waals surface area contributed by atoms with Gasteiger partial charge in [0.25, 0.3) is 0 Å². The van der Waals surface area contributed by atoms with E-state index in [4.69, 9.17) is 5.73 Å². The van der Waals surface area contributed by atoms with E-state index in [9.17, 15) is 5.11 Å². The van der Waals surface area contributed by atoms with Gasteiger partial charge in [0.2, 0.25) is 0 Å². The molecule has 2 aromatic carbocycles. The summed E-state index contributed by atoms with van der Waals surface area (Å²) in [5, 5.41) is 16.4. The van der Waals surface area contributed by atoms with Gasteiger partial charge >= 0.3 is 0 Å². The Morgan fingerprint density at radius 1 is 0.962 bits per heavy atom. The number of aromatic amines is 1. The maximum atomic E-state index is 9.32. The van der Waals surface area contributed by atoms with E-state index < -0.39 is 0 Å². The number of anilines is 1. The van der Waals surface area contributed by atoms with Gasteiger partial charge in [-0.05, 0) is 11.6 Å². The molecule has 128 valence electrons. The first-order valence-electron chi connectivity index (χ1n) is 8.05. The van der Waals surface area contributed by atoms with Crippen molar-refractivity contribution in [1.82, 2.24) is 25.1 Å². The maximum Gasteiger partial charge on any atom is 0.181 e. The number of hydrogen-bond acceptors (Lipinski definition) is 6. The quantitative estimate of drug-likeness (QED) is 0.524. The van der Waals surface area contributed by atoms with Gasteiger partial charge in [-0.25, -0.2) is 15.0 Å². The predicted molar refractivity (Wildman–Crippen MR) is 98.6 cm³/mol. The van der Waals surface area contributed by atoms with Crippen LogP contribution in [0.25, 0.3) is 34.2 Å². The zero-order valence-electron chi connectivity index (χ0n) is 13.8. The van der Waals surface area contributed by atoms with Crippen LogP contribution in [0.4, 0.5) is 5.82 Å². The molecule has 7 heteroatoms. The number of nitrogen functional groups attached to an aromatic ring is 1. The van der Waals surface area contributed by atoms with Crippen LogP contribution in [0.1, 0.15) is 5.56 Å². The Morgan fingerprint density at radius 2 is 1.77 bits per heavy atom. The van der Waals surface area contributed by atoms with Gasteiger partial charge in [-0.2, -0.15) is 5.10 Å². The fraction of sp³-hybridized carbons (Fsp3) is 0.0526. The molecular weight excluding hydrogens is 328 g/mol. The molecule has 4 N–H and O–H groups in total. The highest BCUT2D eigenvalue weighted by molar-refractivity contribution is 5.70. The van der Waals surface area contributed by atoms with E-state index >= 15 is 0 Å². The topological polar surface area (TPSA) is 114 Å². The summed E-state index contributed by atoms with van der Waals surface area (Å²) in [5.41, 5.74) is 9.62. The minimum atomic E-state index is -0.0361. The highest BCUT2D eigenvalue weighted by Crippen LogP contribution is 2.25. The fourth-order valence-electron chi connectivity index (χ4n) is 2.62. The Balaban J connectivity index is 1.74. The van der Waals surface area contributed by atoms with E-state index in [-0.39, 0.29) is 12.4 Å². The minimum absolute atomic E-state index is 0.0361. The lowest BCUT2D eigenvalue weighted by Crippen LogP contribution is -2.00. The highest BCUT2D eigenvalue weighted by atomic mass is 16.3. The normalized spacial score (nSPS) is 10.8. The third-order valence-corrected chi connectivity index (χ3v) is 3.95. The summed E-state index contributed by atoms with van der Waals surface area (Å²) in [4.78, 5) is 13.3. The molecule has 0 saturated heterocycles. The van der Waals surface area contributed by atoms with E-state index in [1.807, 2.05) is 54.6 Å². The maximum absolute atomic E-state index is 9.32. The van der Waals surface area contributed by atoms with Gasteiger partial charge in [0.15, 0.2) is 17.5 Å².